The highest BCUT2D eigenvalue weighted by atomic mass is 14.9. The van der Waals surface area contributed by atoms with Gasteiger partial charge in [-0.05, 0) is 19.8 Å². The van der Waals surface area contributed by atoms with E-state index < -0.39 is 0 Å². The van der Waals surface area contributed by atoms with Gasteiger partial charge in [0.15, 0.2) is 0 Å². The Morgan fingerprint density at radius 3 is 2.33 bits per heavy atom. The largest absolute Gasteiger partial charge is 0.301 e. The van der Waals surface area contributed by atoms with Gasteiger partial charge in [-0.25, -0.2) is 0 Å². The summed E-state index contributed by atoms with van der Waals surface area (Å²) < 4.78 is 0. The molecule has 0 aromatic carbocycles. The molecule has 0 fully saturated rings. The van der Waals surface area contributed by atoms with Gasteiger partial charge in [0.1, 0.15) is 0 Å². The van der Waals surface area contributed by atoms with Crippen molar-refractivity contribution in [3.63, 3.8) is 0 Å². The van der Waals surface area contributed by atoms with Gasteiger partial charge in [0, 0.05) is 6.04 Å². The summed E-state index contributed by atoms with van der Waals surface area (Å²) in [5.74, 6) is 2.78. The summed E-state index contributed by atoms with van der Waals surface area (Å²) >= 11 is 0. The monoisotopic (exact) mass is 209 g/mol. The van der Waals surface area contributed by atoms with Crippen LogP contribution in [0.25, 0.3) is 0 Å². The number of terminal acetylenes is 1. The Balaban J connectivity index is 3.40. The highest BCUT2D eigenvalue weighted by Gasteiger charge is 2.06. The Morgan fingerprint density at radius 1 is 1.13 bits per heavy atom. The Labute approximate surface area is 96.0 Å². The molecule has 0 heterocycles. The second-order valence-electron chi connectivity index (χ2n) is 4.40. The third-order valence-corrected chi connectivity index (χ3v) is 2.84. The third-order valence-electron chi connectivity index (χ3n) is 2.84. The zero-order chi connectivity index (χ0) is 11.5. The average molecular weight is 209 g/mol. The van der Waals surface area contributed by atoms with E-state index in [4.69, 9.17) is 6.42 Å². The van der Waals surface area contributed by atoms with Crippen LogP contribution in [-0.4, -0.2) is 12.1 Å². The zero-order valence-electron chi connectivity index (χ0n) is 10.7. The van der Waals surface area contributed by atoms with Crippen LogP contribution >= 0.6 is 0 Å². The minimum atomic E-state index is 0.260. The Hall–Kier alpha value is -0.480. The lowest BCUT2D eigenvalue weighted by molar-refractivity contribution is 0.449. The van der Waals surface area contributed by atoms with Crippen molar-refractivity contribution in [2.24, 2.45) is 0 Å². The molecule has 0 bridgehead atoms. The van der Waals surface area contributed by atoms with Crippen molar-refractivity contribution < 1.29 is 0 Å². The summed E-state index contributed by atoms with van der Waals surface area (Å²) in [7, 11) is 0. The molecule has 1 nitrogen and oxygen atoms in total. The van der Waals surface area contributed by atoms with Gasteiger partial charge < -0.3 is 5.32 Å². The molecule has 15 heavy (non-hydrogen) atoms. The summed E-state index contributed by atoms with van der Waals surface area (Å²) in [5.41, 5.74) is 0. The molecule has 0 radical (unpaired) electrons. The first kappa shape index (κ1) is 14.5. The van der Waals surface area contributed by atoms with Crippen LogP contribution in [0, 0.1) is 12.3 Å². The molecule has 0 aliphatic carbocycles. The maximum Gasteiger partial charge on any atom is 0.0686 e. The first-order chi connectivity index (χ1) is 7.24. The lowest BCUT2D eigenvalue weighted by Gasteiger charge is -2.17. The molecular formula is C14H27N. The van der Waals surface area contributed by atoms with Crippen molar-refractivity contribution >= 4 is 0 Å². The van der Waals surface area contributed by atoms with E-state index >= 15 is 0 Å². The Bertz CT molecular complexity index is 169. The van der Waals surface area contributed by atoms with Crippen molar-refractivity contribution in [1.29, 1.82) is 0 Å². The van der Waals surface area contributed by atoms with Crippen molar-refractivity contribution in [2.45, 2.75) is 77.8 Å². The van der Waals surface area contributed by atoms with Gasteiger partial charge in [-0.1, -0.05) is 51.9 Å². The minimum Gasteiger partial charge on any atom is -0.301 e. The zero-order valence-corrected chi connectivity index (χ0v) is 10.7. The van der Waals surface area contributed by atoms with Crippen molar-refractivity contribution in [3.05, 3.63) is 0 Å². The third kappa shape index (κ3) is 8.51. The van der Waals surface area contributed by atoms with Gasteiger partial charge in [-0.2, -0.15) is 0 Å². The van der Waals surface area contributed by atoms with E-state index in [-0.39, 0.29) is 6.04 Å². The predicted molar refractivity (Wildman–Crippen MR) is 68.9 cm³/mol. The molecule has 2 unspecified atom stereocenters. The van der Waals surface area contributed by atoms with Crippen LogP contribution in [0.15, 0.2) is 0 Å². The van der Waals surface area contributed by atoms with Crippen molar-refractivity contribution in [2.75, 3.05) is 0 Å². The fourth-order valence-corrected chi connectivity index (χ4v) is 1.76. The van der Waals surface area contributed by atoms with E-state index in [9.17, 15) is 0 Å². The molecule has 0 amide bonds. The van der Waals surface area contributed by atoms with E-state index in [1.165, 1.54) is 38.5 Å². The molecule has 1 heteroatoms. The lowest BCUT2D eigenvalue weighted by atomic mass is 10.1. The number of hydrogen-bond acceptors (Lipinski definition) is 1. The molecule has 0 rings (SSSR count). The normalized spacial score (nSPS) is 14.5. The lowest BCUT2D eigenvalue weighted by Crippen LogP contribution is -2.34. The van der Waals surface area contributed by atoms with Gasteiger partial charge in [-0.15, -0.1) is 6.42 Å². The maximum atomic E-state index is 5.41. The molecule has 88 valence electrons. The molecular weight excluding hydrogens is 182 g/mol. The summed E-state index contributed by atoms with van der Waals surface area (Å²) in [6.07, 6.45) is 14.5. The van der Waals surface area contributed by atoms with Gasteiger partial charge in [-0.3, -0.25) is 0 Å². The van der Waals surface area contributed by atoms with Gasteiger partial charge >= 0.3 is 0 Å². The molecule has 2 atom stereocenters. The van der Waals surface area contributed by atoms with E-state index in [1.807, 2.05) is 0 Å². The quantitative estimate of drug-likeness (QED) is 0.450. The summed E-state index contributed by atoms with van der Waals surface area (Å²) in [6.45, 7) is 6.62. The van der Waals surface area contributed by atoms with Crippen LogP contribution in [0.2, 0.25) is 0 Å². The summed E-state index contributed by atoms with van der Waals surface area (Å²) in [6, 6.07) is 0.822. The van der Waals surface area contributed by atoms with Gasteiger partial charge in [0.2, 0.25) is 0 Å². The molecule has 0 aliphatic rings. The van der Waals surface area contributed by atoms with Crippen LogP contribution in [0.5, 0.6) is 0 Å². The van der Waals surface area contributed by atoms with Gasteiger partial charge in [0.05, 0.1) is 6.04 Å². The van der Waals surface area contributed by atoms with Gasteiger partial charge in [0.25, 0.3) is 0 Å². The van der Waals surface area contributed by atoms with E-state index in [2.05, 4.69) is 32.0 Å². The molecule has 0 aliphatic heterocycles. The first-order valence-electron chi connectivity index (χ1n) is 6.46. The highest BCUT2D eigenvalue weighted by molar-refractivity contribution is 4.98. The minimum absolute atomic E-state index is 0.260. The predicted octanol–water partition coefficient (Wildman–Crippen LogP) is 3.74. The number of rotatable bonds is 9. The smallest absolute Gasteiger partial charge is 0.0686 e. The Kier molecular flexibility index (Phi) is 9.73. The molecule has 1 N–H and O–H groups in total. The Morgan fingerprint density at radius 2 is 1.80 bits per heavy atom. The van der Waals surface area contributed by atoms with Crippen molar-refractivity contribution in [1.82, 2.24) is 5.32 Å². The summed E-state index contributed by atoms with van der Waals surface area (Å²) in [4.78, 5) is 0. The fourth-order valence-electron chi connectivity index (χ4n) is 1.76. The van der Waals surface area contributed by atoms with Crippen LogP contribution < -0.4 is 5.32 Å². The second-order valence-corrected chi connectivity index (χ2v) is 4.40. The molecule has 0 spiro atoms. The standard InChI is InChI=1S/C14H27N/c1-5-8-9-10-11-12-13(4)15-14(6-2)7-3/h2,13-15H,5,7-12H2,1,3-4H3. The molecule has 0 saturated heterocycles. The van der Waals surface area contributed by atoms with E-state index in [0.717, 1.165) is 6.42 Å². The maximum absolute atomic E-state index is 5.41. The van der Waals surface area contributed by atoms with Crippen molar-refractivity contribution in [3.8, 4) is 12.3 Å². The second kappa shape index (κ2) is 10.1. The van der Waals surface area contributed by atoms with Crippen LogP contribution in [-0.2, 0) is 0 Å². The molecule has 0 aromatic heterocycles. The topological polar surface area (TPSA) is 12.0 Å². The van der Waals surface area contributed by atoms with Crippen LogP contribution in [0.4, 0.5) is 0 Å². The van der Waals surface area contributed by atoms with E-state index in [1.54, 1.807) is 0 Å². The molecule has 0 saturated carbocycles. The number of hydrogen-bond donors (Lipinski definition) is 1. The molecule has 0 aromatic rings. The first-order valence-corrected chi connectivity index (χ1v) is 6.46. The average Bonchev–Trinajstić information content (AvgIpc) is 2.25. The number of nitrogens with one attached hydrogen (secondary N) is 1. The summed E-state index contributed by atoms with van der Waals surface area (Å²) in [5, 5.41) is 3.47. The van der Waals surface area contributed by atoms with Crippen LogP contribution in [0.1, 0.15) is 65.7 Å². The SMILES string of the molecule is C#CC(CC)NC(C)CCCCCCC. The highest BCUT2D eigenvalue weighted by Crippen LogP contribution is 2.07. The fraction of sp³-hybridized carbons (Fsp3) is 0.857. The van der Waals surface area contributed by atoms with E-state index in [0.29, 0.717) is 6.04 Å². The number of unbranched alkanes of at least 4 members (excludes halogenated alkanes) is 4. The van der Waals surface area contributed by atoms with Crippen LogP contribution in [0.3, 0.4) is 0 Å².